The van der Waals surface area contributed by atoms with E-state index in [4.69, 9.17) is 4.74 Å². The van der Waals surface area contributed by atoms with Crippen molar-refractivity contribution in [2.45, 2.75) is 37.8 Å². The summed E-state index contributed by atoms with van der Waals surface area (Å²) < 4.78 is 60.2. The molecular formula is C18H16F4O2. The highest BCUT2D eigenvalue weighted by Gasteiger charge is 2.35. The summed E-state index contributed by atoms with van der Waals surface area (Å²) in [6.07, 6.45) is -3.63. The van der Waals surface area contributed by atoms with Gasteiger partial charge in [0.05, 0.1) is 12.7 Å². The zero-order valence-corrected chi connectivity index (χ0v) is 12.7. The molecule has 0 aromatic heterocycles. The third-order valence-corrected chi connectivity index (χ3v) is 4.06. The van der Waals surface area contributed by atoms with Gasteiger partial charge in [-0.1, -0.05) is 30.3 Å². The minimum atomic E-state index is -4.78. The van der Waals surface area contributed by atoms with Crippen LogP contribution in [0.15, 0.2) is 48.5 Å². The Kier molecular flexibility index (Phi) is 4.76. The average Bonchev–Trinajstić information content (AvgIpc) is 2.48. The fraction of sp³-hybridized carbons (Fsp3) is 0.333. The van der Waals surface area contributed by atoms with E-state index in [1.165, 1.54) is 0 Å². The Morgan fingerprint density at radius 1 is 1.00 bits per heavy atom. The van der Waals surface area contributed by atoms with Crippen LogP contribution in [0.2, 0.25) is 0 Å². The smallest absolute Gasteiger partial charge is 0.406 e. The summed E-state index contributed by atoms with van der Waals surface area (Å²) in [5.74, 6) is -1.06. The maximum Gasteiger partial charge on any atom is 0.573 e. The molecule has 0 aliphatic heterocycles. The topological polar surface area (TPSA) is 18.5 Å². The standard InChI is InChI=1S/C18H16F4O2/c19-17-7-6-14(24-18(20,21)22)10-16(17)13-8-15(9-13)23-11-12-4-2-1-3-5-12/h1-7,10,13,15H,8-9,11H2. The third kappa shape index (κ3) is 4.26. The zero-order chi connectivity index (χ0) is 17.2. The second-order valence-electron chi connectivity index (χ2n) is 5.82. The number of ether oxygens (including phenoxy) is 2. The lowest BCUT2D eigenvalue weighted by atomic mass is 9.77. The molecule has 0 radical (unpaired) electrons. The second-order valence-corrected chi connectivity index (χ2v) is 5.82. The van der Waals surface area contributed by atoms with Crippen molar-refractivity contribution < 1.29 is 27.0 Å². The monoisotopic (exact) mass is 340 g/mol. The van der Waals surface area contributed by atoms with Gasteiger partial charge < -0.3 is 9.47 Å². The van der Waals surface area contributed by atoms with E-state index in [-0.39, 0.29) is 17.6 Å². The van der Waals surface area contributed by atoms with E-state index in [0.29, 0.717) is 19.4 Å². The van der Waals surface area contributed by atoms with Crippen molar-refractivity contribution in [2.75, 3.05) is 0 Å². The first-order valence-corrected chi connectivity index (χ1v) is 7.61. The van der Waals surface area contributed by atoms with E-state index >= 15 is 0 Å². The van der Waals surface area contributed by atoms with Gasteiger partial charge in [-0.3, -0.25) is 0 Å². The molecule has 24 heavy (non-hydrogen) atoms. The Hall–Kier alpha value is -2.08. The molecule has 3 rings (SSSR count). The predicted octanol–water partition coefficient (Wildman–Crippen LogP) is 5.19. The van der Waals surface area contributed by atoms with E-state index in [2.05, 4.69) is 4.74 Å². The van der Waals surface area contributed by atoms with Gasteiger partial charge in [0, 0.05) is 0 Å². The maximum absolute atomic E-state index is 13.9. The van der Waals surface area contributed by atoms with E-state index in [0.717, 1.165) is 23.8 Å². The fourth-order valence-electron chi connectivity index (χ4n) is 2.78. The van der Waals surface area contributed by atoms with Gasteiger partial charge in [0.15, 0.2) is 0 Å². The summed E-state index contributed by atoms with van der Waals surface area (Å²) >= 11 is 0. The minimum absolute atomic E-state index is 0.0122. The second kappa shape index (κ2) is 6.81. The predicted molar refractivity (Wildman–Crippen MR) is 80.1 cm³/mol. The first kappa shape index (κ1) is 16.8. The summed E-state index contributed by atoms with van der Waals surface area (Å²) in [6.45, 7) is 0.470. The van der Waals surface area contributed by atoms with Gasteiger partial charge in [-0.15, -0.1) is 13.2 Å². The molecule has 0 saturated heterocycles. The van der Waals surface area contributed by atoms with Gasteiger partial charge in [0.2, 0.25) is 0 Å². The van der Waals surface area contributed by atoms with Crippen LogP contribution >= 0.6 is 0 Å². The van der Waals surface area contributed by atoms with Crippen LogP contribution in [0, 0.1) is 5.82 Å². The lowest BCUT2D eigenvalue weighted by molar-refractivity contribution is -0.274. The molecule has 2 aromatic carbocycles. The Labute approximate surface area is 137 Å². The van der Waals surface area contributed by atoms with Crippen molar-refractivity contribution >= 4 is 0 Å². The Balaban J connectivity index is 1.56. The molecule has 0 heterocycles. The van der Waals surface area contributed by atoms with Gasteiger partial charge in [-0.2, -0.15) is 0 Å². The molecule has 0 spiro atoms. The number of halogens is 4. The van der Waals surface area contributed by atoms with Crippen LogP contribution in [-0.2, 0) is 11.3 Å². The van der Waals surface area contributed by atoms with Crippen molar-refractivity contribution in [3.63, 3.8) is 0 Å². The number of rotatable bonds is 5. The fourth-order valence-corrected chi connectivity index (χ4v) is 2.78. The maximum atomic E-state index is 13.9. The molecule has 6 heteroatoms. The van der Waals surface area contributed by atoms with Gasteiger partial charge in [-0.05, 0) is 48.1 Å². The van der Waals surface area contributed by atoms with Crippen LogP contribution < -0.4 is 4.74 Å². The molecule has 1 aliphatic rings. The highest BCUT2D eigenvalue weighted by molar-refractivity contribution is 5.33. The zero-order valence-electron chi connectivity index (χ0n) is 12.7. The van der Waals surface area contributed by atoms with E-state index < -0.39 is 17.9 Å². The normalized spacial score (nSPS) is 20.5. The van der Waals surface area contributed by atoms with Crippen molar-refractivity contribution in [3.8, 4) is 5.75 Å². The molecule has 0 unspecified atom stereocenters. The van der Waals surface area contributed by atoms with Crippen LogP contribution in [0.3, 0.4) is 0 Å². The number of hydrogen-bond donors (Lipinski definition) is 0. The molecule has 0 bridgehead atoms. The van der Waals surface area contributed by atoms with Crippen molar-refractivity contribution in [2.24, 2.45) is 0 Å². The van der Waals surface area contributed by atoms with Gasteiger partial charge in [0.25, 0.3) is 0 Å². The van der Waals surface area contributed by atoms with Gasteiger partial charge in [-0.25, -0.2) is 4.39 Å². The molecule has 128 valence electrons. The van der Waals surface area contributed by atoms with Crippen LogP contribution in [-0.4, -0.2) is 12.5 Å². The van der Waals surface area contributed by atoms with Crippen molar-refractivity contribution in [1.29, 1.82) is 0 Å². The largest absolute Gasteiger partial charge is 0.573 e. The van der Waals surface area contributed by atoms with Crippen LogP contribution in [0.5, 0.6) is 5.75 Å². The highest BCUT2D eigenvalue weighted by Crippen LogP contribution is 2.41. The lowest BCUT2D eigenvalue weighted by Gasteiger charge is -2.35. The van der Waals surface area contributed by atoms with Crippen LogP contribution in [0.25, 0.3) is 0 Å². The average molecular weight is 340 g/mol. The SMILES string of the molecule is Fc1ccc(OC(F)(F)F)cc1C1CC(OCc2ccccc2)C1. The Morgan fingerprint density at radius 3 is 2.38 bits per heavy atom. The number of benzene rings is 2. The summed E-state index contributed by atoms with van der Waals surface area (Å²) in [6, 6.07) is 12.8. The summed E-state index contributed by atoms with van der Waals surface area (Å²) in [4.78, 5) is 0. The summed E-state index contributed by atoms with van der Waals surface area (Å²) in [5, 5.41) is 0. The van der Waals surface area contributed by atoms with E-state index in [1.54, 1.807) is 0 Å². The quantitative estimate of drug-likeness (QED) is 0.698. The third-order valence-electron chi connectivity index (χ3n) is 4.06. The Morgan fingerprint density at radius 2 is 1.71 bits per heavy atom. The number of alkyl halides is 3. The molecule has 0 amide bonds. The Bertz CT molecular complexity index is 679. The first-order valence-electron chi connectivity index (χ1n) is 7.61. The molecule has 0 N–H and O–H groups in total. The molecular weight excluding hydrogens is 324 g/mol. The van der Waals surface area contributed by atoms with Crippen molar-refractivity contribution in [3.05, 3.63) is 65.5 Å². The molecule has 2 aromatic rings. The number of hydrogen-bond acceptors (Lipinski definition) is 2. The molecule has 1 aliphatic carbocycles. The van der Waals surface area contributed by atoms with Crippen LogP contribution in [0.1, 0.15) is 29.9 Å². The summed E-state index contributed by atoms with van der Waals surface area (Å²) in [7, 11) is 0. The molecule has 2 nitrogen and oxygen atoms in total. The van der Waals surface area contributed by atoms with E-state index in [9.17, 15) is 17.6 Å². The lowest BCUT2D eigenvalue weighted by Crippen LogP contribution is -2.30. The van der Waals surface area contributed by atoms with Crippen LogP contribution in [0.4, 0.5) is 17.6 Å². The van der Waals surface area contributed by atoms with Gasteiger partial charge in [0.1, 0.15) is 11.6 Å². The molecule has 1 saturated carbocycles. The highest BCUT2D eigenvalue weighted by atomic mass is 19.4. The minimum Gasteiger partial charge on any atom is -0.406 e. The van der Waals surface area contributed by atoms with Crippen molar-refractivity contribution in [1.82, 2.24) is 0 Å². The molecule has 1 fully saturated rings. The molecule has 0 atom stereocenters. The van der Waals surface area contributed by atoms with E-state index in [1.807, 2.05) is 30.3 Å². The van der Waals surface area contributed by atoms with Gasteiger partial charge >= 0.3 is 6.36 Å². The summed E-state index contributed by atoms with van der Waals surface area (Å²) in [5.41, 5.74) is 1.30. The first-order chi connectivity index (χ1) is 11.4.